The molecular weight excluding hydrogens is 214 g/mol. The van der Waals surface area contributed by atoms with Gasteiger partial charge in [0.05, 0.1) is 6.04 Å². The van der Waals surface area contributed by atoms with Crippen LogP contribution >= 0.6 is 0 Å². The summed E-state index contributed by atoms with van der Waals surface area (Å²) in [6, 6.07) is 7.64. The molecule has 0 saturated heterocycles. The molecule has 3 nitrogen and oxygen atoms in total. The molecule has 3 heteroatoms. The number of rotatable bonds is 4. The van der Waals surface area contributed by atoms with Crippen LogP contribution in [0.25, 0.3) is 6.08 Å². The molecule has 0 saturated carbocycles. The second kappa shape index (κ2) is 4.72. The summed E-state index contributed by atoms with van der Waals surface area (Å²) in [6.07, 6.45) is 2.70. The largest absolute Gasteiger partial charge is 0.480 e. The number of carbonyl (C=O) groups is 1. The van der Waals surface area contributed by atoms with Gasteiger partial charge in [-0.1, -0.05) is 42.8 Å². The van der Waals surface area contributed by atoms with Crippen molar-refractivity contribution < 1.29 is 9.90 Å². The summed E-state index contributed by atoms with van der Waals surface area (Å²) in [5.41, 5.74) is 3.53. The van der Waals surface area contributed by atoms with Crippen molar-refractivity contribution in [3.05, 3.63) is 41.0 Å². The Kier molecular flexibility index (Phi) is 3.29. The average molecular weight is 231 g/mol. The van der Waals surface area contributed by atoms with Crippen LogP contribution < -0.4 is 5.32 Å². The molecule has 0 unspecified atom stereocenters. The maximum Gasteiger partial charge on any atom is 0.320 e. The average Bonchev–Trinajstić information content (AvgIpc) is 2.61. The van der Waals surface area contributed by atoms with Crippen molar-refractivity contribution in [3.63, 3.8) is 0 Å². The summed E-state index contributed by atoms with van der Waals surface area (Å²) in [5, 5.41) is 12.3. The lowest BCUT2D eigenvalue weighted by Gasteiger charge is -2.21. The first-order valence-electron chi connectivity index (χ1n) is 5.89. The van der Waals surface area contributed by atoms with E-state index >= 15 is 0 Å². The van der Waals surface area contributed by atoms with Crippen LogP contribution in [0.1, 0.15) is 37.4 Å². The van der Waals surface area contributed by atoms with Gasteiger partial charge < -0.3 is 5.11 Å². The zero-order chi connectivity index (χ0) is 12.4. The van der Waals surface area contributed by atoms with E-state index in [1.807, 2.05) is 26.0 Å². The van der Waals surface area contributed by atoms with Gasteiger partial charge in [0, 0.05) is 0 Å². The number of aliphatic carboxylic acids is 1. The first-order chi connectivity index (χ1) is 8.13. The molecule has 0 fully saturated rings. The van der Waals surface area contributed by atoms with Crippen LogP contribution in [0, 0.1) is 0 Å². The van der Waals surface area contributed by atoms with Crippen molar-refractivity contribution in [2.45, 2.75) is 32.4 Å². The molecule has 2 atom stereocenters. The molecule has 0 radical (unpaired) electrons. The minimum Gasteiger partial charge on any atom is -0.480 e. The smallest absolute Gasteiger partial charge is 0.320 e. The number of benzene rings is 1. The van der Waals surface area contributed by atoms with Crippen LogP contribution in [0.4, 0.5) is 0 Å². The van der Waals surface area contributed by atoms with Gasteiger partial charge in [0.2, 0.25) is 0 Å². The Morgan fingerprint density at radius 1 is 1.47 bits per heavy atom. The number of hydrogen-bond acceptors (Lipinski definition) is 2. The fraction of sp³-hybridized carbons (Fsp3) is 0.357. The van der Waals surface area contributed by atoms with E-state index in [-0.39, 0.29) is 6.04 Å². The summed E-state index contributed by atoms with van der Waals surface area (Å²) in [4.78, 5) is 11.1. The third kappa shape index (κ3) is 2.24. The van der Waals surface area contributed by atoms with E-state index in [1.165, 1.54) is 16.7 Å². The van der Waals surface area contributed by atoms with E-state index < -0.39 is 12.0 Å². The Morgan fingerprint density at radius 3 is 2.82 bits per heavy atom. The fourth-order valence-electron chi connectivity index (χ4n) is 2.27. The molecule has 0 bridgehead atoms. The Morgan fingerprint density at radius 2 is 2.18 bits per heavy atom. The molecule has 0 aromatic heterocycles. The highest BCUT2D eigenvalue weighted by Crippen LogP contribution is 2.34. The topological polar surface area (TPSA) is 49.3 Å². The van der Waals surface area contributed by atoms with Gasteiger partial charge in [0.1, 0.15) is 6.04 Å². The highest BCUT2D eigenvalue weighted by molar-refractivity contribution is 5.74. The lowest BCUT2D eigenvalue weighted by Crippen LogP contribution is -2.38. The van der Waals surface area contributed by atoms with Crippen molar-refractivity contribution >= 4 is 12.0 Å². The summed E-state index contributed by atoms with van der Waals surface area (Å²) < 4.78 is 0. The molecule has 0 spiro atoms. The van der Waals surface area contributed by atoms with Gasteiger partial charge in [0.15, 0.2) is 0 Å². The maximum absolute atomic E-state index is 11.1. The lowest BCUT2D eigenvalue weighted by atomic mass is 10.0. The van der Waals surface area contributed by atoms with E-state index in [0.717, 1.165) is 0 Å². The predicted molar refractivity (Wildman–Crippen MR) is 67.7 cm³/mol. The SMILES string of the molecule is CC[C@@H](N[C@@H]1C(C)=Cc2ccccc21)C(=O)O. The Labute approximate surface area is 101 Å². The first-order valence-corrected chi connectivity index (χ1v) is 5.89. The summed E-state index contributed by atoms with van der Waals surface area (Å²) in [5.74, 6) is -0.787. The van der Waals surface area contributed by atoms with Gasteiger partial charge in [-0.2, -0.15) is 0 Å². The Bertz CT molecular complexity index is 465. The number of carboxylic acid groups (broad SMARTS) is 1. The Hall–Kier alpha value is -1.61. The number of hydrogen-bond donors (Lipinski definition) is 2. The van der Waals surface area contributed by atoms with Gasteiger partial charge in [0.25, 0.3) is 0 Å². The second-order valence-electron chi connectivity index (χ2n) is 4.42. The molecule has 1 aliphatic carbocycles. The van der Waals surface area contributed by atoms with Crippen LogP contribution in [0.3, 0.4) is 0 Å². The molecule has 2 N–H and O–H groups in total. The second-order valence-corrected chi connectivity index (χ2v) is 4.42. The minimum atomic E-state index is -0.787. The molecule has 0 heterocycles. The van der Waals surface area contributed by atoms with Crippen molar-refractivity contribution in [1.82, 2.24) is 5.32 Å². The molecule has 1 aliphatic rings. The summed E-state index contributed by atoms with van der Waals surface area (Å²) >= 11 is 0. The van der Waals surface area contributed by atoms with Crippen molar-refractivity contribution in [2.24, 2.45) is 0 Å². The van der Waals surface area contributed by atoms with Gasteiger partial charge >= 0.3 is 5.97 Å². The van der Waals surface area contributed by atoms with E-state index in [4.69, 9.17) is 5.11 Å². The summed E-state index contributed by atoms with van der Waals surface area (Å²) in [7, 11) is 0. The third-order valence-electron chi connectivity index (χ3n) is 3.22. The van der Waals surface area contributed by atoms with Gasteiger partial charge in [-0.25, -0.2) is 0 Å². The zero-order valence-electron chi connectivity index (χ0n) is 10.1. The van der Waals surface area contributed by atoms with Crippen LogP contribution in [0.15, 0.2) is 29.8 Å². The normalized spacial score (nSPS) is 19.6. The van der Waals surface area contributed by atoms with Crippen LogP contribution in [-0.2, 0) is 4.79 Å². The van der Waals surface area contributed by atoms with Crippen molar-refractivity contribution in [3.8, 4) is 0 Å². The lowest BCUT2D eigenvalue weighted by molar-refractivity contribution is -0.139. The fourth-order valence-corrected chi connectivity index (χ4v) is 2.27. The van der Waals surface area contributed by atoms with Crippen molar-refractivity contribution in [1.29, 1.82) is 0 Å². The standard InChI is InChI=1S/C14H17NO2/c1-3-12(14(16)17)15-13-9(2)8-10-6-4-5-7-11(10)13/h4-8,12-13,15H,3H2,1-2H3,(H,16,17)/t12-,13-/m1/s1. The van der Waals surface area contributed by atoms with Crippen molar-refractivity contribution in [2.75, 3.05) is 0 Å². The van der Waals surface area contributed by atoms with E-state index in [0.29, 0.717) is 6.42 Å². The minimum absolute atomic E-state index is 0.0345. The van der Waals surface area contributed by atoms with Gasteiger partial charge in [-0.3, -0.25) is 10.1 Å². The van der Waals surface area contributed by atoms with E-state index in [2.05, 4.69) is 23.5 Å². The van der Waals surface area contributed by atoms with E-state index in [9.17, 15) is 4.79 Å². The number of nitrogens with one attached hydrogen (secondary N) is 1. The van der Waals surface area contributed by atoms with Gasteiger partial charge in [-0.05, 0) is 24.5 Å². The molecule has 90 valence electrons. The predicted octanol–water partition coefficient (Wildman–Crippen LogP) is 2.60. The monoisotopic (exact) mass is 231 g/mol. The molecular formula is C14H17NO2. The van der Waals surface area contributed by atoms with E-state index in [1.54, 1.807) is 0 Å². The molecule has 17 heavy (non-hydrogen) atoms. The molecule has 0 aliphatic heterocycles. The van der Waals surface area contributed by atoms with Gasteiger partial charge in [-0.15, -0.1) is 0 Å². The third-order valence-corrected chi connectivity index (χ3v) is 3.22. The first kappa shape index (κ1) is 11.9. The highest BCUT2D eigenvalue weighted by Gasteiger charge is 2.26. The molecule has 1 aromatic carbocycles. The molecule has 0 amide bonds. The number of fused-ring (bicyclic) bond motifs is 1. The zero-order valence-corrected chi connectivity index (χ0v) is 10.1. The van der Waals surface area contributed by atoms with Crippen LogP contribution in [0.5, 0.6) is 0 Å². The molecule has 2 rings (SSSR count). The quantitative estimate of drug-likeness (QED) is 0.837. The molecule has 1 aromatic rings. The van der Waals surface area contributed by atoms with Crippen LogP contribution in [-0.4, -0.2) is 17.1 Å². The Balaban J connectivity index is 2.23. The summed E-state index contributed by atoms with van der Waals surface area (Å²) in [6.45, 7) is 3.91. The maximum atomic E-state index is 11.1. The van der Waals surface area contributed by atoms with Crippen LogP contribution in [0.2, 0.25) is 0 Å². The number of carboxylic acids is 1. The highest BCUT2D eigenvalue weighted by atomic mass is 16.4.